The van der Waals surface area contributed by atoms with Gasteiger partial charge in [-0.2, -0.15) is 0 Å². The molecule has 16 heavy (non-hydrogen) atoms. The molecular formula is C13H20N2O. The average molecular weight is 220 g/mol. The van der Waals surface area contributed by atoms with E-state index in [9.17, 15) is 0 Å². The quantitative estimate of drug-likeness (QED) is 0.774. The van der Waals surface area contributed by atoms with Crippen LogP contribution in [0.5, 0.6) is 5.88 Å². The van der Waals surface area contributed by atoms with Crippen molar-refractivity contribution in [2.45, 2.75) is 32.9 Å². The van der Waals surface area contributed by atoms with Crippen LogP contribution in [-0.2, 0) is 6.54 Å². The summed E-state index contributed by atoms with van der Waals surface area (Å²) in [6, 6.07) is 3.94. The van der Waals surface area contributed by atoms with Crippen LogP contribution in [0, 0.1) is 0 Å². The summed E-state index contributed by atoms with van der Waals surface area (Å²) < 4.78 is 5.48. The van der Waals surface area contributed by atoms with Crippen molar-refractivity contribution in [1.29, 1.82) is 0 Å². The van der Waals surface area contributed by atoms with Gasteiger partial charge >= 0.3 is 0 Å². The number of aromatic nitrogens is 1. The summed E-state index contributed by atoms with van der Waals surface area (Å²) in [6.45, 7) is 11.3. The molecular weight excluding hydrogens is 200 g/mol. The number of rotatable bonds is 5. The Kier molecular flexibility index (Phi) is 4.50. The van der Waals surface area contributed by atoms with E-state index < -0.39 is 0 Å². The average Bonchev–Trinajstić information content (AvgIpc) is 2.23. The smallest absolute Gasteiger partial charge is 0.218 e. The zero-order valence-electron chi connectivity index (χ0n) is 10.3. The first kappa shape index (κ1) is 12.7. The Morgan fingerprint density at radius 2 is 2.25 bits per heavy atom. The second-order valence-corrected chi connectivity index (χ2v) is 4.67. The van der Waals surface area contributed by atoms with Crippen LogP contribution in [0.15, 0.2) is 31.0 Å². The van der Waals surface area contributed by atoms with E-state index in [1.54, 1.807) is 12.3 Å². The van der Waals surface area contributed by atoms with E-state index in [0.717, 1.165) is 12.1 Å². The van der Waals surface area contributed by atoms with Crippen LogP contribution >= 0.6 is 0 Å². The monoisotopic (exact) mass is 220 g/mol. The predicted molar refractivity (Wildman–Crippen MR) is 66.5 cm³/mol. The molecule has 0 aliphatic rings. The molecule has 0 aliphatic carbocycles. The van der Waals surface area contributed by atoms with Crippen LogP contribution in [0.2, 0.25) is 0 Å². The first-order chi connectivity index (χ1) is 7.53. The molecule has 88 valence electrons. The molecule has 0 aliphatic heterocycles. The number of pyridine rings is 1. The lowest BCUT2D eigenvalue weighted by atomic mass is 10.1. The second-order valence-electron chi connectivity index (χ2n) is 4.67. The molecule has 0 unspecified atom stereocenters. The third-order valence-corrected chi connectivity index (χ3v) is 2.00. The third-order valence-electron chi connectivity index (χ3n) is 2.00. The van der Waals surface area contributed by atoms with E-state index in [0.29, 0.717) is 12.5 Å². The fourth-order valence-electron chi connectivity index (χ4n) is 1.19. The third kappa shape index (κ3) is 4.45. The van der Waals surface area contributed by atoms with E-state index in [1.807, 2.05) is 12.1 Å². The molecule has 0 aromatic carbocycles. The molecule has 0 saturated carbocycles. The maximum atomic E-state index is 5.48. The van der Waals surface area contributed by atoms with Gasteiger partial charge in [0.1, 0.15) is 6.61 Å². The Morgan fingerprint density at radius 3 is 2.88 bits per heavy atom. The fourth-order valence-corrected chi connectivity index (χ4v) is 1.19. The van der Waals surface area contributed by atoms with E-state index in [1.165, 1.54) is 0 Å². The Hall–Kier alpha value is -1.35. The molecule has 1 aromatic rings. The van der Waals surface area contributed by atoms with Gasteiger partial charge < -0.3 is 10.1 Å². The molecule has 0 atom stereocenters. The van der Waals surface area contributed by atoms with E-state index >= 15 is 0 Å². The Balaban J connectivity index is 2.67. The molecule has 1 rings (SSSR count). The molecule has 1 N–H and O–H groups in total. The zero-order chi connectivity index (χ0) is 12.0. The van der Waals surface area contributed by atoms with E-state index in [-0.39, 0.29) is 5.54 Å². The first-order valence-corrected chi connectivity index (χ1v) is 5.45. The molecule has 0 radical (unpaired) electrons. The summed E-state index contributed by atoms with van der Waals surface area (Å²) in [5, 5.41) is 3.41. The van der Waals surface area contributed by atoms with Gasteiger partial charge in [0.25, 0.3) is 0 Å². The molecule has 0 saturated heterocycles. The molecule has 3 nitrogen and oxygen atoms in total. The minimum atomic E-state index is 0.0888. The van der Waals surface area contributed by atoms with Gasteiger partial charge in [-0.15, -0.1) is 0 Å². The molecule has 0 fully saturated rings. The van der Waals surface area contributed by atoms with Crippen molar-refractivity contribution >= 4 is 0 Å². The number of nitrogens with zero attached hydrogens (tertiary/aromatic N) is 1. The van der Waals surface area contributed by atoms with Crippen molar-refractivity contribution < 1.29 is 4.74 Å². The topological polar surface area (TPSA) is 34.1 Å². The summed E-state index contributed by atoms with van der Waals surface area (Å²) in [5.74, 6) is 0.680. The van der Waals surface area contributed by atoms with Gasteiger partial charge in [-0.25, -0.2) is 4.98 Å². The highest BCUT2D eigenvalue weighted by atomic mass is 16.5. The van der Waals surface area contributed by atoms with E-state index in [2.05, 4.69) is 37.7 Å². The highest BCUT2D eigenvalue weighted by Crippen LogP contribution is 2.15. The van der Waals surface area contributed by atoms with Gasteiger partial charge in [-0.1, -0.05) is 18.7 Å². The maximum absolute atomic E-state index is 5.48. The van der Waals surface area contributed by atoms with Crippen molar-refractivity contribution in [1.82, 2.24) is 10.3 Å². The summed E-state index contributed by atoms with van der Waals surface area (Å²) in [6.07, 6.45) is 3.45. The molecule has 0 amide bonds. The highest BCUT2D eigenvalue weighted by Gasteiger charge is 2.11. The standard InChI is InChI=1S/C13H20N2O/c1-5-9-16-12-11(7-6-8-14-12)10-15-13(2,3)4/h5-8,15H,1,9-10H2,2-4H3. The summed E-state index contributed by atoms with van der Waals surface area (Å²) >= 11 is 0. The minimum absolute atomic E-state index is 0.0888. The van der Waals surface area contributed by atoms with Crippen LogP contribution < -0.4 is 10.1 Å². The van der Waals surface area contributed by atoms with Crippen LogP contribution in [0.1, 0.15) is 26.3 Å². The molecule has 1 heterocycles. The lowest BCUT2D eigenvalue weighted by Gasteiger charge is -2.21. The summed E-state index contributed by atoms with van der Waals surface area (Å²) in [5.41, 5.74) is 1.16. The predicted octanol–water partition coefficient (Wildman–Crippen LogP) is 2.53. The van der Waals surface area contributed by atoms with Crippen molar-refractivity contribution in [2.24, 2.45) is 0 Å². The molecule has 0 spiro atoms. The Labute approximate surface area is 97.5 Å². The molecule has 3 heteroatoms. The van der Waals surface area contributed by atoms with Crippen LogP contribution in [0.3, 0.4) is 0 Å². The van der Waals surface area contributed by atoms with Gasteiger partial charge in [0.2, 0.25) is 5.88 Å². The first-order valence-electron chi connectivity index (χ1n) is 5.45. The summed E-state index contributed by atoms with van der Waals surface area (Å²) in [7, 11) is 0. The lowest BCUT2D eigenvalue weighted by molar-refractivity contribution is 0.339. The Bertz CT molecular complexity index is 342. The van der Waals surface area contributed by atoms with Crippen molar-refractivity contribution in [3.05, 3.63) is 36.5 Å². The van der Waals surface area contributed by atoms with Crippen LogP contribution in [0.25, 0.3) is 0 Å². The number of ether oxygens (including phenoxy) is 1. The van der Waals surface area contributed by atoms with Crippen molar-refractivity contribution in [2.75, 3.05) is 6.61 Å². The zero-order valence-corrected chi connectivity index (χ0v) is 10.3. The van der Waals surface area contributed by atoms with Gasteiger partial charge in [0, 0.05) is 23.8 Å². The fraction of sp³-hybridized carbons (Fsp3) is 0.462. The second kappa shape index (κ2) is 5.66. The molecule has 0 bridgehead atoms. The number of hydrogen-bond donors (Lipinski definition) is 1. The number of hydrogen-bond acceptors (Lipinski definition) is 3. The van der Waals surface area contributed by atoms with Crippen molar-refractivity contribution in [3.63, 3.8) is 0 Å². The Morgan fingerprint density at radius 1 is 1.50 bits per heavy atom. The minimum Gasteiger partial charge on any atom is -0.473 e. The maximum Gasteiger partial charge on any atom is 0.218 e. The highest BCUT2D eigenvalue weighted by molar-refractivity contribution is 5.25. The SMILES string of the molecule is C=CCOc1ncccc1CNC(C)(C)C. The normalized spacial score (nSPS) is 11.2. The van der Waals surface area contributed by atoms with E-state index in [4.69, 9.17) is 4.74 Å². The largest absolute Gasteiger partial charge is 0.473 e. The van der Waals surface area contributed by atoms with Gasteiger partial charge in [0.05, 0.1) is 0 Å². The summed E-state index contributed by atoms with van der Waals surface area (Å²) in [4.78, 5) is 4.21. The van der Waals surface area contributed by atoms with Crippen molar-refractivity contribution in [3.8, 4) is 5.88 Å². The van der Waals surface area contributed by atoms with Gasteiger partial charge in [-0.3, -0.25) is 0 Å². The lowest BCUT2D eigenvalue weighted by Crippen LogP contribution is -2.35. The van der Waals surface area contributed by atoms with Gasteiger partial charge in [-0.05, 0) is 26.8 Å². The van der Waals surface area contributed by atoms with Gasteiger partial charge in [0.15, 0.2) is 0 Å². The van der Waals surface area contributed by atoms with Crippen LogP contribution in [0.4, 0.5) is 0 Å². The number of nitrogens with one attached hydrogen (secondary N) is 1. The molecule has 1 aromatic heterocycles. The van der Waals surface area contributed by atoms with Crippen LogP contribution in [-0.4, -0.2) is 17.1 Å².